The molecule has 24 heavy (non-hydrogen) atoms. The highest BCUT2D eigenvalue weighted by atomic mass is 16.2. The van der Waals surface area contributed by atoms with Crippen LogP contribution in [-0.2, 0) is 9.59 Å². The zero-order valence-electron chi connectivity index (χ0n) is 14.8. The van der Waals surface area contributed by atoms with Crippen LogP contribution in [0.4, 0.5) is 0 Å². The molecule has 0 aromatic heterocycles. The molecule has 2 aliphatic rings. The Morgan fingerprint density at radius 1 is 0.958 bits per heavy atom. The molecule has 1 saturated heterocycles. The van der Waals surface area contributed by atoms with Crippen LogP contribution in [-0.4, -0.2) is 34.6 Å². The Bertz CT molecular complexity index is 667. The van der Waals surface area contributed by atoms with Gasteiger partial charge in [0.2, 0.25) is 11.8 Å². The molecule has 1 N–H and O–H groups in total. The van der Waals surface area contributed by atoms with Crippen molar-refractivity contribution in [2.24, 2.45) is 0 Å². The molecule has 6 heteroatoms. The number of hydrogen-bond acceptors (Lipinski definition) is 4. The highest BCUT2D eigenvalue weighted by Gasteiger charge is 2.44. The van der Waals surface area contributed by atoms with Gasteiger partial charge >= 0.3 is 0 Å². The van der Waals surface area contributed by atoms with E-state index in [2.05, 4.69) is 5.32 Å². The largest absolute Gasteiger partial charge is 0.295 e. The van der Waals surface area contributed by atoms with E-state index in [1.807, 2.05) is 34.6 Å². The number of carbonyl (C=O) groups excluding carboxylic acids is 4. The van der Waals surface area contributed by atoms with Gasteiger partial charge in [-0.15, -0.1) is 0 Å². The van der Waals surface area contributed by atoms with E-state index in [1.165, 1.54) is 0 Å². The van der Waals surface area contributed by atoms with Gasteiger partial charge in [0.15, 0.2) is 0 Å². The average Bonchev–Trinajstić information content (AvgIpc) is 2.83. The first kappa shape index (κ1) is 19.5. The Morgan fingerprint density at radius 2 is 1.54 bits per heavy atom. The van der Waals surface area contributed by atoms with E-state index in [1.54, 1.807) is 18.2 Å². The van der Waals surface area contributed by atoms with Crippen molar-refractivity contribution in [2.45, 2.75) is 53.5 Å². The van der Waals surface area contributed by atoms with Crippen LogP contribution in [0.15, 0.2) is 18.2 Å². The lowest BCUT2D eigenvalue weighted by molar-refractivity contribution is -0.136. The van der Waals surface area contributed by atoms with Crippen LogP contribution in [0.25, 0.3) is 0 Å². The van der Waals surface area contributed by atoms with Crippen molar-refractivity contribution >= 4 is 23.6 Å². The van der Waals surface area contributed by atoms with Crippen molar-refractivity contribution in [3.05, 3.63) is 34.9 Å². The highest BCUT2D eigenvalue weighted by molar-refractivity contribution is 6.23. The van der Waals surface area contributed by atoms with Crippen molar-refractivity contribution in [3.8, 4) is 0 Å². The molecule has 0 spiro atoms. The number of imide groups is 2. The number of nitrogens with one attached hydrogen (secondary N) is 1. The number of carbonyl (C=O) groups is 4. The summed E-state index contributed by atoms with van der Waals surface area (Å²) in [5.41, 5.74) is 1.50. The first-order valence-electron chi connectivity index (χ1n) is 8.31. The second-order valence-corrected chi connectivity index (χ2v) is 5.00. The molecule has 6 nitrogen and oxygen atoms in total. The molecule has 0 saturated carbocycles. The van der Waals surface area contributed by atoms with Crippen LogP contribution in [0, 0.1) is 6.92 Å². The van der Waals surface area contributed by atoms with Crippen molar-refractivity contribution in [2.75, 3.05) is 0 Å². The van der Waals surface area contributed by atoms with E-state index in [0.717, 1.165) is 10.5 Å². The van der Waals surface area contributed by atoms with Crippen LogP contribution in [0.3, 0.4) is 0 Å². The normalized spacial score (nSPS) is 18.9. The van der Waals surface area contributed by atoms with E-state index < -0.39 is 23.8 Å². The lowest BCUT2D eigenvalue weighted by Crippen LogP contribution is -2.54. The first-order chi connectivity index (χ1) is 11.5. The van der Waals surface area contributed by atoms with Gasteiger partial charge in [-0.1, -0.05) is 39.3 Å². The number of benzene rings is 1. The van der Waals surface area contributed by atoms with E-state index in [0.29, 0.717) is 11.1 Å². The predicted octanol–water partition coefficient (Wildman–Crippen LogP) is 2.45. The lowest BCUT2D eigenvalue weighted by atomic mass is 10.0. The molecular weight excluding hydrogens is 308 g/mol. The van der Waals surface area contributed by atoms with E-state index in [9.17, 15) is 19.2 Å². The van der Waals surface area contributed by atoms with Crippen molar-refractivity contribution in [1.29, 1.82) is 0 Å². The van der Waals surface area contributed by atoms with E-state index in [-0.39, 0.29) is 18.7 Å². The molecular formula is C18H24N2O4. The SMILES string of the molecule is CC.CC.Cc1ccc2c(c1)C(=O)N(C1CCC(=O)NC1=O)C2=O. The molecule has 1 aromatic rings. The molecule has 1 atom stereocenters. The Kier molecular flexibility index (Phi) is 6.82. The maximum absolute atomic E-state index is 12.3. The molecule has 130 valence electrons. The third-order valence-electron chi connectivity index (χ3n) is 3.60. The summed E-state index contributed by atoms with van der Waals surface area (Å²) in [5, 5.41) is 2.16. The van der Waals surface area contributed by atoms with Gasteiger partial charge in [-0.25, -0.2) is 0 Å². The smallest absolute Gasteiger partial charge is 0.262 e. The molecule has 1 aromatic carbocycles. The minimum absolute atomic E-state index is 0.128. The molecule has 1 fully saturated rings. The molecule has 2 heterocycles. The summed E-state index contributed by atoms with van der Waals surface area (Å²) in [4.78, 5) is 48.5. The zero-order valence-corrected chi connectivity index (χ0v) is 14.8. The van der Waals surface area contributed by atoms with Crippen molar-refractivity contribution in [1.82, 2.24) is 10.2 Å². The quantitative estimate of drug-likeness (QED) is 0.801. The third-order valence-corrected chi connectivity index (χ3v) is 3.60. The number of nitrogens with zero attached hydrogens (tertiary/aromatic N) is 1. The standard InChI is InChI=1S/C14H12N2O4.2C2H6/c1-7-2-3-8-9(6-7)14(20)16(13(8)19)10-4-5-11(17)15-12(10)18;2*1-2/h2-3,6,10H,4-5H2,1H3,(H,15,17,18);2*1-2H3. The predicted molar refractivity (Wildman–Crippen MR) is 90.5 cm³/mol. The number of hydrogen-bond donors (Lipinski definition) is 1. The lowest BCUT2D eigenvalue weighted by Gasteiger charge is -2.27. The van der Waals surface area contributed by atoms with Gasteiger partial charge in [-0.05, 0) is 25.5 Å². The van der Waals surface area contributed by atoms with E-state index in [4.69, 9.17) is 0 Å². The van der Waals surface area contributed by atoms with Crippen LogP contribution in [0.1, 0.15) is 66.8 Å². The Labute approximate surface area is 142 Å². The van der Waals surface area contributed by atoms with Crippen molar-refractivity contribution in [3.63, 3.8) is 0 Å². The van der Waals surface area contributed by atoms with Crippen LogP contribution < -0.4 is 5.32 Å². The topological polar surface area (TPSA) is 83.6 Å². The van der Waals surface area contributed by atoms with Crippen LogP contribution in [0.2, 0.25) is 0 Å². The highest BCUT2D eigenvalue weighted by Crippen LogP contribution is 2.27. The summed E-state index contributed by atoms with van der Waals surface area (Å²) in [6.07, 6.45) is 0.304. The van der Waals surface area contributed by atoms with E-state index >= 15 is 0 Å². The second-order valence-electron chi connectivity index (χ2n) is 5.00. The van der Waals surface area contributed by atoms with Gasteiger partial charge < -0.3 is 0 Å². The fraction of sp³-hybridized carbons (Fsp3) is 0.444. The van der Waals surface area contributed by atoms with Gasteiger partial charge in [0.1, 0.15) is 6.04 Å². The fourth-order valence-electron chi connectivity index (χ4n) is 2.58. The summed E-state index contributed by atoms with van der Waals surface area (Å²) in [7, 11) is 0. The minimum Gasteiger partial charge on any atom is -0.295 e. The number of amides is 4. The third kappa shape index (κ3) is 3.53. The molecule has 2 aliphatic heterocycles. The van der Waals surface area contributed by atoms with Gasteiger partial charge in [-0.3, -0.25) is 29.4 Å². The molecule has 1 unspecified atom stereocenters. The number of fused-ring (bicyclic) bond motifs is 1. The van der Waals surface area contributed by atoms with Gasteiger partial charge in [-0.2, -0.15) is 0 Å². The minimum atomic E-state index is -0.902. The maximum atomic E-state index is 12.3. The fourth-order valence-corrected chi connectivity index (χ4v) is 2.58. The van der Waals surface area contributed by atoms with Crippen molar-refractivity contribution < 1.29 is 19.2 Å². The van der Waals surface area contributed by atoms with Crippen LogP contribution >= 0.6 is 0 Å². The Morgan fingerprint density at radius 3 is 2.12 bits per heavy atom. The summed E-state index contributed by atoms with van der Waals surface area (Å²) in [6.45, 7) is 9.83. The van der Waals surface area contributed by atoms with Gasteiger partial charge in [0.25, 0.3) is 11.8 Å². The Balaban J connectivity index is 0.000000671. The first-order valence-corrected chi connectivity index (χ1v) is 8.31. The zero-order chi connectivity index (χ0) is 18.4. The number of piperidine rings is 1. The summed E-state index contributed by atoms with van der Waals surface area (Å²) in [6, 6.07) is 4.08. The molecule has 3 rings (SSSR count). The maximum Gasteiger partial charge on any atom is 0.262 e. The molecule has 0 radical (unpaired) electrons. The monoisotopic (exact) mass is 332 g/mol. The van der Waals surface area contributed by atoms with Gasteiger partial charge in [0.05, 0.1) is 11.1 Å². The average molecular weight is 332 g/mol. The number of aryl methyl sites for hydroxylation is 1. The Hall–Kier alpha value is -2.50. The van der Waals surface area contributed by atoms with Crippen LogP contribution in [0.5, 0.6) is 0 Å². The molecule has 0 aliphatic carbocycles. The second kappa shape index (κ2) is 8.38. The number of rotatable bonds is 1. The molecule has 4 amide bonds. The molecule has 0 bridgehead atoms. The summed E-state index contributed by atoms with van der Waals surface area (Å²) >= 11 is 0. The van der Waals surface area contributed by atoms with Gasteiger partial charge in [0, 0.05) is 6.42 Å². The summed E-state index contributed by atoms with van der Waals surface area (Å²) in [5.74, 6) is -1.91. The summed E-state index contributed by atoms with van der Waals surface area (Å²) < 4.78 is 0.